The second-order valence-corrected chi connectivity index (χ2v) is 4.59. The van der Waals surface area contributed by atoms with E-state index in [0.717, 1.165) is 5.56 Å². The molecule has 6 heteroatoms. The van der Waals surface area contributed by atoms with Gasteiger partial charge < -0.3 is 16.4 Å². The van der Waals surface area contributed by atoms with E-state index in [2.05, 4.69) is 15.6 Å². The van der Waals surface area contributed by atoms with E-state index in [0.29, 0.717) is 11.3 Å². The molecule has 0 bridgehead atoms. The van der Waals surface area contributed by atoms with Crippen LogP contribution in [0.1, 0.15) is 28.9 Å². The Labute approximate surface area is 122 Å². The van der Waals surface area contributed by atoms with E-state index in [1.807, 2.05) is 19.1 Å². The van der Waals surface area contributed by atoms with E-state index in [1.54, 1.807) is 36.7 Å². The maximum atomic E-state index is 12.1. The van der Waals surface area contributed by atoms with Gasteiger partial charge in [0.2, 0.25) is 0 Å². The smallest absolute Gasteiger partial charge is 0.255 e. The number of carbonyl (C=O) groups is 1. The Morgan fingerprint density at radius 2 is 1.81 bits per heavy atom. The molecule has 1 amide bonds. The molecule has 5 N–H and O–H groups in total. The topological polar surface area (TPSA) is 104 Å². The van der Waals surface area contributed by atoms with Crippen LogP contribution in [0.4, 0.5) is 5.69 Å². The predicted molar refractivity (Wildman–Crippen MR) is 82.1 cm³/mol. The highest BCUT2D eigenvalue weighted by Crippen LogP contribution is 2.14. The van der Waals surface area contributed by atoms with Gasteiger partial charge in [0.1, 0.15) is 0 Å². The van der Waals surface area contributed by atoms with E-state index in [1.165, 1.54) is 0 Å². The third-order valence-corrected chi connectivity index (χ3v) is 2.98. The molecule has 0 aliphatic carbocycles. The fourth-order valence-electron chi connectivity index (χ4n) is 1.88. The normalized spacial score (nSPS) is 11.5. The molecule has 2 rings (SSSR count). The summed E-state index contributed by atoms with van der Waals surface area (Å²) in [4.78, 5) is 16.0. The van der Waals surface area contributed by atoms with Gasteiger partial charge in [0.25, 0.3) is 5.91 Å². The molecule has 0 saturated carbocycles. The summed E-state index contributed by atoms with van der Waals surface area (Å²) in [5.41, 5.74) is 7.51. The molecule has 2 aromatic rings. The quantitative estimate of drug-likeness (QED) is 0.508. The summed E-state index contributed by atoms with van der Waals surface area (Å²) in [7, 11) is 0. The van der Waals surface area contributed by atoms with Crippen LogP contribution in [0.5, 0.6) is 0 Å². The van der Waals surface area contributed by atoms with Crippen molar-refractivity contribution in [2.45, 2.75) is 13.0 Å². The Balaban J connectivity index is 2.05. The molecule has 1 aromatic heterocycles. The minimum absolute atomic E-state index is 0.0815. The highest BCUT2D eigenvalue weighted by Gasteiger charge is 2.09. The number of nitrogens with zero attached hydrogens (tertiary/aromatic N) is 1. The zero-order chi connectivity index (χ0) is 15.2. The van der Waals surface area contributed by atoms with Crippen LogP contribution in [-0.4, -0.2) is 16.9 Å². The number of hydrogen-bond acceptors (Lipinski definition) is 3. The molecule has 21 heavy (non-hydrogen) atoms. The standard InChI is InChI=1S/C15H17N5O/c1-10(19-15(16)17)11-2-4-12(5-3-11)14(21)20-13-6-8-18-9-7-13/h2-10H,1H3,(H4,16,17,19)(H,18,20,21)/t10-/m1/s1. The molecular formula is C15H17N5O. The van der Waals surface area contributed by atoms with Crippen molar-refractivity contribution in [1.29, 1.82) is 5.41 Å². The molecule has 0 radical (unpaired) electrons. The van der Waals surface area contributed by atoms with Crippen molar-refractivity contribution in [1.82, 2.24) is 10.3 Å². The first-order chi connectivity index (χ1) is 10.1. The van der Waals surface area contributed by atoms with Crippen LogP contribution in [0.3, 0.4) is 0 Å². The number of amides is 1. The Morgan fingerprint density at radius 1 is 1.19 bits per heavy atom. The van der Waals surface area contributed by atoms with Gasteiger partial charge in [0, 0.05) is 23.6 Å². The summed E-state index contributed by atoms with van der Waals surface area (Å²) in [6.45, 7) is 1.90. The lowest BCUT2D eigenvalue weighted by Crippen LogP contribution is -2.32. The number of guanidine groups is 1. The molecule has 1 aromatic carbocycles. The van der Waals surface area contributed by atoms with Crippen molar-refractivity contribution < 1.29 is 4.79 Å². The number of benzene rings is 1. The first-order valence-corrected chi connectivity index (χ1v) is 6.48. The van der Waals surface area contributed by atoms with E-state index in [9.17, 15) is 4.79 Å². The molecule has 1 heterocycles. The summed E-state index contributed by atoms with van der Waals surface area (Å²) in [6, 6.07) is 10.5. The first kappa shape index (κ1) is 14.5. The Kier molecular flexibility index (Phi) is 4.50. The Morgan fingerprint density at radius 3 is 2.38 bits per heavy atom. The number of nitrogens with two attached hydrogens (primary N) is 1. The number of pyridine rings is 1. The molecule has 0 spiro atoms. The maximum absolute atomic E-state index is 12.1. The third kappa shape index (κ3) is 4.04. The Bertz CT molecular complexity index is 624. The molecule has 108 valence electrons. The molecule has 0 aliphatic rings. The maximum Gasteiger partial charge on any atom is 0.255 e. The summed E-state index contributed by atoms with van der Waals surface area (Å²) in [6.07, 6.45) is 3.24. The van der Waals surface area contributed by atoms with Crippen molar-refractivity contribution in [3.63, 3.8) is 0 Å². The number of rotatable bonds is 4. The van der Waals surface area contributed by atoms with Gasteiger partial charge in [0.15, 0.2) is 5.96 Å². The summed E-state index contributed by atoms with van der Waals surface area (Å²) < 4.78 is 0. The van der Waals surface area contributed by atoms with Crippen LogP contribution in [0, 0.1) is 5.41 Å². The fraction of sp³-hybridized carbons (Fsp3) is 0.133. The fourth-order valence-corrected chi connectivity index (χ4v) is 1.88. The predicted octanol–water partition coefficient (Wildman–Crippen LogP) is 1.88. The zero-order valence-electron chi connectivity index (χ0n) is 11.6. The van der Waals surface area contributed by atoms with Crippen molar-refractivity contribution in [2.75, 3.05) is 5.32 Å². The van der Waals surface area contributed by atoms with Gasteiger partial charge in [-0.15, -0.1) is 0 Å². The van der Waals surface area contributed by atoms with Gasteiger partial charge in [-0.3, -0.25) is 15.2 Å². The van der Waals surface area contributed by atoms with Gasteiger partial charge in [-0.05, 0) is 36.8 Å². The SMILES string of the molecule is C[C@@H](NC(=N)N)c1ccc(C(=O)Nc2ccncc2)cc1. The van der Waals surface area contributed by atoms with E-state index in [-0.39, 0.29) is 17.9 Å². The molecule has 0 unspecified atom stereocenters. The average molecular weight is 283 g/mol. The minimum atomic E-state index is -0.181. The molecule has 6 nitrogen and oxygen atoms in total. The monoisotopic (exact) mass is 283 g/mol. The molecule has 0 saturated heterocycles. The number of aromatic nitrogens is 1. The molecular weight excluding hydrogens is 266 g/mol. The van der Waals surface area contributed by atoms with Crippen LogP contribution in [0.2, 0.25) is 0 Å². The van der Waals surface area contributed by atoms with Crippen molar-refractivity contribution in [2.24, 2.45) is 5.73 Å². The van der Waals surface area contributed by atoms with E-state index >= 15 is 0 Å². The number of carbonyl (C=O) groups excluding carboxylic acids is 1. The lowest BCUT2D eigenvalue weighted by Gasteiger charge is -2.14. The van der Waals surface area contributed by atoms with Crippen LogP contribution >= 0.6 is 0 Å². The molecule has 0 aliphatic heterocycles. The lowest BCUT2D eigenvalue weighted by molar-refractivity contribution is 0.102. The number of hydrogen-bond donors (Lipinski definition) is 4. The van der Waals surface area contributed by atoms with Gasteiger partial charge in [-0.25, -0.2) is 0 Å². The highest BCUT2D eigenvalue weighted by molar-refractivity contribution is 6.04. The minimum Gasteiger partial charge on any atom is -0.370 e. The van der Waals surface area contributed by atoms with Crippen LogP contribution in [0.15, 0.2) is 48.8 Å². The van der Waals surface area contributed by atoms with E-state index < -0.39 is 0 Å². The Hall–Kier alpha value is -2.89. The van der Waals surface area contributed by atoms with Crippen molar-refractivity contribution >= 4 is 17.6 Å². The van der Waals surface area contributed by atoms with Crippen molar-refractivity contribution in [3.8, 4) is 0 Å². The summed E-state index contributed by atoms with van der Waals surface area (Å²) in [5.74, 6) is -0.262. The second-order valence-electron chi connectivity index (χ2n) is 4.59. The lowest BCUT2D eigenvalue weighted by atomic mass is 10.1. The zero-order valence-corrected chi connectivity index (χ0v) is 11.6. The van der Waals surface area contributed by atoms with Crippen LogP contribution < -0.4 is 16.4 Å². The van der Waals surface area contributed by atoms with Crippen LogP contribution in [0.25, 0.3) is 0 Å². The van der Waals surface area contributed by atoms with Gasteiger partial charge in [-0.1, -0.05) is 12.1 Å². The number of anilines is 1. The second kappa shape index (κ2) is 6.51. The average Bonchev–Trinajstić information content (AvgIpc) is 2.47. The van der Waals surface area contributed by atoms with Crippen LogP contribution in [-0.2, 0) is 0 Å². The van der Waals surface area contributed by atoms with E-state index in [4.69, 9.17) is 11.1 Å². The molecule has 1 atom stereocenters. The first-order valence-electron chi connectivity index (χ1n) is 6.48. The summed E-state index contributed by atoms with van der Waals surface area (Å²) >= 11 is 0. The van der Waals surface area contributed by atoms with Gasteiger partial charge >= 0.3 is 0 Å². The van der Waals surface area contributed by atoms with Gasteiger partial charge in [-0.2, -0.15) is 0 Å². The highest BCUT2D eigenvalue weighted by atomic mass is 16.1. The largest absolute Gasteiger partial charge is 0.370 e. The third-order valence-electron chi connectivity index (χ3n) is 2.98. The summed E-state index contributed by atoms with van der Waals surface area (Å²) in [5, 5.41) is 12.8. The molecule has 0 fully saturated rings. The van der Waals surface area contributed by atoms with Gasteiger partial charge in [0.05, 0.1) is 6.04 Å². The van der Waals surface area contributed by atoms with Crippen molar-refractivity contribution in [3.05, 3.63) is 59.9 Å². The number of nitrogens with one attached hydrogen (secondary N) is 3.